The number of halogens is 1. The fourth-order valence-electron chi connectivity index (χ4n) is 4.25. The molecule has 1 amide bonds. The van der Waals surface area contributed by atoms with E-state index < -0.39 is 0 Å². The first-order valence-corrected chi connectivity index (χ1v) is 9.32. The van der Waals surface area contributed by atoms with Crippen LogP contribution in [0.25, 0.3) is 0 Å². The predicted molar refractivity (Wildman–Crippen MR) is 111 cm³/mol. The number of nitrogens with two attached hydrogens (primary N) is 1. The van der Waals surface area contributed by atoms with Crippen molar-refractivity contribution in [1.82, 2.24) is 10.2 Å². The molecule has 140 valence electrons. The van der Waals surface area contributed by atoms with E-state index in [9.17, 15) is 4.79 Å². The second kappa shape index (κ2) is 11.2. The van der Waals surface area contributed by atoms with Crippen LogP contribution < -0.4 is 11.1 Å². The van der Waals surface area contributed by atoms with Crippen molar-refractivity contribution in [3.05, 3.63) is 0 Å². The summed E-state index contributed by atoms with van der Waals surface area (Å²) in [5, 5.41) is 3.53. The third-order valence-corrected chi connectivity index (χ3v) is 5.40. The minimum absolute atomic E-state index is 0. The van der Waals surface area contributed by atoms with Crippen molar-refractivity contribution in [2.24, 2.45) is 28.5 Å². The number of rotatable bonds is 5. The van der Waals surface area contributed by atoms with Gasteiger partial charge in [-0.05, 0) is 43.4 Å². The van der Waals surface area contributed by atoms with Crippen molar-refractivity contribution < 1.29 is 4.79 Å². The zero-order valence-electron chi connectivity index (χ0n) is 15.3. The molecular formula is C18H35IN4O. The van der Waals surface area contributed by atoms with Crippen molar-refractivity contribution in [3.8, 4) is 0 Å². The number of amides is 1. The number of hydrogen-bond acceptors (Lipinski definition) is 2. The number of carbonyl (C=O) groups excluding carboxylic acids is 1. The summed E-state index contributed by atoms with van der Waals surface area (Å²) in [7, 11) is 1.85. The Morgan fingerprint density at radius 1 is 1.25 bits per heavy atom. The molecule has 0 aromatic rings. The maximum Gasteiger partial charge on any atom is 0.217 e. The molecule has 0 radical (unpaired) electrons. The molecule has 3 unspecified atom stereocenters. The smallest absolute Gasteiger partial charge is 0.217 e. The molecule has 3 N–H and O–H groups in total. The Morgan fingerprint density at radius 2 is 2.00 bits per heavy atom. The fraction of sp³-hybridized carbons (Fsp3) is 0.889. The highest BCUT2D eigenvalue weighted by atomic mass is 127. The lowest BCUT2D eigenvalue weighted by atomic mass is 9.81. The van der Waals surface area contributed by atoms with Crippen LogP contribution >= 0.6 is 24.0 Å². The molecular weight excluding hydrogens is 415 g/mol. The van der Waals surface area contributed by atoms with Gasteiger partial charge in [-0.3, -0.25) is 9.79 Å². The van der Waals surface area contributed by atoms with Crippen LogP contribution in [0.3, 0.4) is 0 Å². The van der Waals surface area contributed by atoms with Gasteiger partial charge in [0, 0.05) is 33.1 Å². The lowest BCUT2D eigenvalue weighted by Crippen LogP contribution is -2.47. The van der Waals surface area contributed by atoms with Crippen molar-refractivity contribution in [2.45, 2.75) is 58.3 Å². The van der Waals surface area contributed by atoms with Crippen LogP contribution in [0.15, 0.2) is 4.99 Å². The summed E-state index contributed by atoms with van der Waals surface area (Å²) < 4.78 is 0. The average Bonchev–Trinajstić information content (AvgIpc) is 2.51. The second-order valence-corrected chi connectivity index (χ2v) is 7.53. The summed E-state index contributed by atoms with van der Waals surface area (Å²) >= 11 is 0. The Kier molecular flexibility index (Phi) is 10.0. The number of hydrogen-bond donors (Lipinski definition) is 2. The molecule has 5 nitrogen and oxygen atoms in total. The standard InChI is InChI=1S/C18H34N4O.HI/c1-14-5-3-6-15(11-14)8-9-21-18(20-2)22-10-4-7-16(13-22)12-17(19)23;/h14-16H,3-13H2,1-2H3,(H2,19,23)(H,20,21);1H. The van der Waals surface area contributed by atoms with Crippen molar-refractivity contribution >= 4 is 35.8 Å². The van der Waals surface area contributed by atoms with E-state index in [1.165, 1.54) is 32.1 Å². The minimum Gasteiger partial charge on any atom is -0.370 e. The first kappa shape index (κ1) is 21.5. The fourth-order valence-corrected chi connectivity index (χ4v) is 4.25. The van der Waals surface area contributed by atoms with Crippen molar-refractivity contribution in [1.29, 1.82) is 0 Å². The molecule has 2 aliphatic rings. The summed E-state index contributed by atoms with van der Waals surface area (Å²) in [6.45, 7) is 5.30. The monoisotopic (exact) mass is 450 g/mol. The van der Waals surface area contributed by atoms with Crippen molar-refractivity contribution in [3.63, 3.8) is 0 Å². The van der Waals surface area contributed by atoms with Gasteiger partial charge in [0.05, 0.1) is 0 Å². The second-order valence-electron chi connectivity index (χ2n) is 7.53. The van der Waals surface area contributed by atoms with E-state index in [1.807, 2.05) is 7.05 Å². The highest BCUT2D eigenvalue weighted by Crippen LogP contribution is 2.30. The quantitative estimate of drug-likeness (QED) is 0.385. The molecule has 24 heavy (non-hydrogen) atoms. The molecule has 1 saturated carbocycles. The van der Waals surface area contributed by atoms with Gasteiger partial charge in [-0.2, -0.15) is 0 Å². The lowest BCUT2D eigenvalue weighted by Gasteiger charge is -2.35. The molecule has 1 heterocycles. The predicted octanol–water partition coefficient (Wildman–Crippen LogP) is 2.98. The van der Waals surface area contributed by atoms with Crippen molar-refractivity contribution in [2.75, 3.05) is 26.7 Å². The molecule has 2 rings (SSSR count). The Bertz CT molecular complexity index is 416. The zero-order valence-corrected chi connectivity index (χ0v) is 17.6. The van der Waals surface area contributed by atoms with Crippen LogP contribution in [0.1, 0.15) is 58.3 Å². The van der Waals surface area contributed by atoms with Gasteiger partial charge < -0.3 is 16.0 Å². The van der Waals surface area contributed by atoms with E-state index in [-0.39, 0.29) is 29.9 Å². The van der Waals surface area contributed by atoms with E-state index in [2.05, 4.69) is 22.1 Å². The van der Waals surface area contributed by atoms with Gasteiger partial charge in [-0.1, -0.05) is 26.2 Å². The Morgan fingerprint density at radius 3 is 2.67 bits per heavy atom. The Hall–Kier alpha value is -0.530. The SMILES string of the molecule is CN=C(NCCC1CCCC(C)C1)N1CCCC(CC(N)=O)C1.I. The van der Waals surface area contributed by atoms with Gasteiger partial charge in [-0.25, -0.2) is 0 Å². The first-order valence-electron chi connectivity index (χ1n) is 9.32. The summed E-state index contributed by atoms with van der Waals surface area (Å²) in [6.07, 6.45) is 9.49. The molecule has 1 saturated heterocycles. The highest BCUT2D eigenvalue weighted by molar-refractivity contribution is 14.0. The number of aliphatic imine (C=N–C) groups is 1. The summed E-state index contributed by atoms with van der Waals surface area (Å²) in [6, 6.07) is 0. The van der Waals surface area contributed by atoms with E-state index in [4.69, 9.17) is 5.73 Å². The first-order chi connectivity index (χ1) is 11.1. The van der Waals surface area contributed by atoms with Gasteiger partial charge in [-0.15, -0.1) is 24.0 Å². The Balaban J connectivity index is 0.00000288. The average molecular weight is 450 g/mol. The van der Waals surface area contributed by atoms with E-state index in [0.717, 1.165) is 50.3 Å². The molecule has 3 atom stereocenters. The van der Waals surface area contributed by atoms with Crippen LogP contribution in [0.2, 0.25) is 0 Å². The van der Waals surface area contributed by atoms with E-state index >= 15 is 0 Å². The highest BCUT2D eigenvalue weighted by Gasteiger charge is 2.24. The largest absolute Gasteiger partial charge is 0.370 e. The number of carbonyl (C=O) groups is 1. The maximum atomic E-state index is 11.1. The van der Waals surface area contributed by atoms with Gasteiger partial charge in [0.15, 0.2) is 5.96 Å². The topological polar surface area (TPSA) is 70.7 Å². The van der Waals surface area contributed by atoms with Gasteiger partial charge in [0.1, 0.15) is 0 Å². The molecule has 0 spiro atoms. The van der Waals surface area contributed by atoms with Crippen LogP contribution in [0, 0.1) is 17.8 Å². The van der Waals surface area contributed by atoms with Crippen LogP contribution in [0.4, 0.5) is 0 Å². The summed E-state index contributed by atoms with van der Waals surface area (Å²) in [5.41, 5.74) is 5.35. The Labute approximate surface area is 164 Å². The lowest BCUT2D eigenvalue weighted by molar-refractivity contribution is -0.119. The number of nitrogens with zero attached hydrogens (tertiary/aromatic N) is 2. The van der Waals surface area contributed by atoms with E-state index in [0.29, 0.717) is 12.3 Å². The third kappa shape index (κ3) is 7.15. The zero-order chi connectivity index (χ0) is 16.7. The van der Waals surface area contributed by atoms with Gasteiger partial charge >= 0.3 is 0 Å². The van der Waals surface area contributed by atoms with E-state index in [1.54, 1.807) is 0 Å². The molecule has 0 aromatic carbocycles. The third-order valence-electron chi connectivity index (χ3n) is 5.40. The van der Waals surface area contributed by atoms with Crippen LogP contribution in [-0.4, -0.2) is 43.4 Å². The van der Waals surface area contributed by atoms with Gasteiger partial charge in [0.2, 0.25) is 5.91 Å². The number of likely N-dealkylation sites (tertiary alicyclic amines) is 1. The number of nitrogens with one attached hydrogen (secondary N) is 1. The van der Waals surface area contributed by atoms with Gasteiger partial charge in [0.25, 0.3) is 0 Å². The maximum absolute atomic E-state index is 11.1. The molecule has 0 bridgehead atoms. The van der Waals surface area contributed by atoms with Crippen LogP contribution in [0.5, 0.6) is 0 Å². The summed E-state index contributed by atoms with van der Waals surface area (Å²) in [5.74, 6) is 2.94. The van der Waals surface area contributed by atoms with Crippen LogP contribution in [-0.2, 0) is 4.79 Å². The minimum atomic E-state index is -0.189. The number of primary amides is 1. The number of piperidine rings is 1. The molecule has 1 aliphatic heterocycles. The molecule has 1 aliphatic carbocycles. The molecule has 6 heteroatoms. The molecule has 2 fully saturated rings. The molecule has 0 aromatic heterocycles. The number of guanidine groups is 1. The summed E-state index contributed by atoms with van der Waals surface area (Å²) in [4.78, 5) is 17.9. The normalized spacial score (nSPS) is 28.2.